The van der Waals surface area contributed by atoms with Crippen LogP contribution in [0.15, 0.2) is 0 Å². The molecule has 0 saturated carbocycles. The van der Waals surface area contributed by atoms with Gasteiger partial charge in [0.25, 0.3) is 0 Å². The van der Waals surface area contributed by atoms with Gasteiger partial charge >= 0.3 is 39.5 Å². The number of rotatable bonds is 0. The van der Waals surface area contributed by atoms with Crippen molar-refractivity contribution in [1.29, 1.82) is 0 Å². The maximum absolute atomic E-state index is 5.27. The van der Waals surface area contributed by atoms with Gasteiger partial charge in [-0.1, -0.05) is 0 Å². The minimum atomic E-state index is 0.137. The Morgan fingerprint density at radius 3 is 2.25 bits per heavy atom. The van der Waals surface area contributed by atoms with Crippen LogP contribution in [0.25, 0.3) is 0 Å². The molecule has 0 spiro atoms. The van der Waals surface area contributed by atoms with E-state index in [9.17, 15) is 0 Å². The predicted molar refractivity (Wildman–Crippen MR) is 18.7 cm³/mol. The minimum absolute atomic E-state index is 0.137. The fourth-order valence-corrected chi connectivity index (χ4v) is 0. The van der Waals surface area contributed by atoms with Gasteiger partial charge in [-0.05, 0) is 0 Å². The summed E-state index contributed by atoms with van der Waals surface area (Å²) in [4.78, 5) is 0. The van der Waals surface area contributed by atoms with E-state index in [0.717, 1.165) is 0 Å². The first kappa shape index (κ1) is 5.33. The summed E-state index contributed by atoms with van der Waals surface area (Å²) in [5, 5.41) is 0. The van der Waals surface area contributed by atoms with Crippen LogP contribution in [0.3, 0.4) is 0 Å². The zero-order valence-corrected chi connectivity index (χ0v) is 5.94. The van der Waals surface area contributed by atoms with Crippen LogP contribution in [-0.2, 0) is 17.6 Å². The normalized spacial score (nSPS) is 13.5. The topological polar surface area (TPSA) is 0 Å². The fraction of sp³-hybridized carbons (Fsp3) is 1.00. The monoisotopic (exact) mass is 278 g/mol. The van der Waals surface area contributed by atoms with E-state index in [-0.39, 0.29) is 17.6 Å². The first-order chi connectivity index (χ1) is 1.91. The molecule has 0 rings (SSSR count). The number of hydrogen-bond donors (Lipinski definition) is 0. The molecular weight excluding hydrogens is 275 g/mol. The summed E-state index contributed by atoms with van der Waals surface area (Å²) < 4.78 is 0. The molecule has 0 bridgehead atoms. The Balaban J connectivity index is 2.55. The molecule has 0 heterocycles. The number of halogens is 1. The second-order valence-corrected chi connectivity index (χ2v) is 7.07. The van der Waals surface area contributed by atoms with Crippen LogP contribution in [0.5, 0.6) is 0 Å². The van der Waals surface area contributed by atoms with Crippen LogP contribution in [-0.4, -0.2) is 6.66 Å². The molecule has 0 aromatic carbocycles. The quantitative estimate of drug-likeness (QED) is 0.467. The van der Waals surface area contributed by atoms with Gasteiger partial charge in [-0.3, -0.25) is 0 Å². The van der Waals surface area contributed by atoms with Gasteiger partial charge in [-0.2, -0.15) is 0 Å². The Hall–Kier alpha value is 1.33. The molecule has 0 aliphatic carbocycles. The van der Waals surface area contributed by atoms with E-state index in [2.05, 4.69) is 6.66 Å². The number of hydrogen-bond acceptors (Lipinski definition) is 0. The molecule has 0 aromatic rings. The van der Waals surface area contributed by atoms with Crippen LogP contribution in [0.2, 0.25) is 0 Å². The third kappa shape index (κ3) is 3.33. The Bertz CT molecular complexity index is 23.2. The van der Waals surface area contributed by atoms with E-state index in [1.165, 1.54) is 6.01 Å². The zero-order valence-electron chi connectivity index (χ0n) is 2.13. The summed E-state index contributed by atoms with van der Waals surface area (Å²) in [6, 6.07) is 1.36. The maximum atomic E-state index is 5.27. The van der Waals surface area contributed by atoms with E-state index in [4.69, 9.17) is 9.19 Å². The molecule has 0 unspecified atom stereocenters. The molecule has 0 amide bonds. The molecule has 0 saturated heterocycles. The predicted octanol–water partition coefficient (Wildman–Crippen LogP) is 1.71. The Labute approximate surface area is 39.7 Å². The Morgan fingerprint density at radius 2 is 2.25 bits per heavy atom. The van der Waals surface area contributed by atoms with Gasteiger partial charge in [0, 0.05) is 0 Å². The van der Waals surface area contributed by atoms with Gasteiger partial charge < -0.3 is 0 Å². The second-order valence-electron chi connectivity index (χ2n) is 0.186. The summed E-state index contributed by atoms with van der Waals surface area (Å²) >= 11 is 0.137. The van der Waals surface area contributed by atoms with Crippen molar-refractivity contribution in [3.8, 4) is 0 Å². The molecule has 0 fully saturated rings. The van der Waals surface area contributed by atoms with Crippen molar-refractivity contribution < 1.29 is 17.6 Å². The Kier molecular flexibility index (Phi) is 5.77. The van der Waals surface area contributed by atoms with Crippen LogP contribution in [0.4, 0.5) is 0 Å². The van der Waals surface area contributed by atoms with E-state index in [0.29, 0.717) is 0 Å². The Morgan fingerprint density at radius 1 is 2.00 bits per heavy atom. The summed E-state index contributed by atoms with van der Waals surface area (Å²) in [6.07, 6.45) is 0. The van der Waals surface area contributed by atoms with Gasteiger partial charge in [-0.15, -0.1) is 0 Å². The van der Waals surface area contributed by atoms with Crippen LogP contribution < -0.4 is 0 Å². The first-order valence-electron chi connectivity index (χ1n) is 0.696. The molecule has 0 aliphatic rings. The molecule has 0 aliphatic heterocycles. The molecule has 0 atom stereocenters. The van der Waals surface area contributed by atoms with E-state index in [1.54, 1.807) is 0 Å². The molecular formula is CH3AuClP. The van der Waals surface area contributed by atoms with Crippen molar-refractivity contribution in [3.63, 3.8) is 0 Å². The summed E-state index contributed by atoms with van der Waals surface area (Å²) in [7, 11) is 5.27. The van der Waals surface area contributed by atoms with Crippen LogP contribution in [0, 0.1) is 0 Å². The van der Waals surface area contributed by atoms with Crippen LogP contribution >= 0.6 is 15.2 Å². The molecule has 3 heteroatoms. The van der Waals surface area contributed by atoms with Crippen molar-refractivity contribution >= 4 is 15.2 Å². The van der Waals surface area contributed by atoms with E-state index in [1.807, 2.05) is 0 Å². The average molecular weight is 278 g/mol. The molecule has 30 valence electrons. The van der Waals surface area contributed by atoms with Crippen molar-refractivity contribution in [3.05, 3.63) is 0 Å². The summed E-state index contributed by atoms with van der Waals surface area (Å²) in [5.41, 5.74) is 0. The molecule has 0 nitrogen and oxygen atoms in total. The van der Waals surface area contributed by atoms with Gasteiger partial charge in [-0.25, -0.2) is 0 Å². The van der Waals surface area contributed by atoms with E-state index < -0.39 is 0 Å². The third-order valence-electron chi connectivity index (χ3n) is 0.0510. The molecule has 0 radical (unpaired) electrons. The van der Waals surface area contributed by atoms with Crippen molar-refractivity contribution in [1.82, 2.24) is 0 Å². The van der Waals surface area contributed by atoms with Gasteiger partial charge in [0.1, 0.15) is 0 Å². The SMILES string of the molecule is C[P]=[Au][Cl]. The first-order valence-corrected chi connectivity index (χ1v) is 7.45. The van der Waals surface area contributed by atoms with Gasteiger partial charge in [0.2, 0.25) is 0 Å². The van der Waals surface area contributed by atoms with Crippen molar-refractivity contribution in [2.45, 2.75) is 0 Å². The molecule has 0 aromatic heterocycles. The van der Waals surface area contributed by atoms with Gasteiger partial charge in [0.15, 0.2) is 0 Å². The summed E-state index contributed by atoms with van der Waals surface area (Å²) in [5.74, 6) is 0. The van der Waals surface area contributed by atoms with Crippen molar-refractivity contribution in [2.75, 3.05) is 6.66 Å². The molecule has 0 N–H and O–H groups in total. The van der Waals surface area contributed by atoms with Gasteiger partial charge in [0.05, 0.1) is 0 Å². The molecule has 4 heavy (non-hydrogen) atoms. The average Bonchev–Trinajstić information content (AvgIpc) is 1.37. The third-order valence-corrected chi connectivity index (χ3v) is 3.75. The van der Waals surface area contributed by atoms with E-state index >= 15 is 0 Å². The fourth-order valence-electron chi connectivity index (χ4n) is 0. The summed E-state index contributed by atoms with van der Waals surface area (Å²) in [6.45, 7) is 2.06. The van der Waals surface area contributed by atoms with Crippen molar-refractivity contribution in [2.24, 2.45) is 0 Å². The zero-order chi connectivity index (χ0) is 3.41. The standard InChI is InChI=1S/CH3P.Au.ClH/c1-2;;/h1H3;;1H/q;+1;/p-1. The van der Waals surface area contributed by atoms with Crippen LogP contribution in [0.1, 0.15) is 0 Å². The second kappa shape index (κ2) is 4.33.